The molecule has 22 heavy (non-hydrogen) atoms. The molecule has 6 heteroatoms. The number of nitrogens with one attached hydrogen (secondary N) is 1. The largest absolute Gasteiger partial charge is 0.378 e. The number of carbonyl (C=O) groups is 1. The van der Waals surface area contributed by atoms with E-state index in [0.717, 1.165) is 50.0 Å². The molecule has 120 valence electrons. The Hall–Kier alpha value is -1.30. The highest BCUT2D eigenvalue weighted by atomic mass is 35.5. The van der Waals surface area contributed by atoms with Crippen molar-refractivity contribution in [1.82, 2.24) is 10.2 Å². The summed E-state index contributed by atoms with van der Waals surface area (Å²) in [7, 11) is 0. The summed E-state index contributed by atoms with van der Waals surface area (Å²) < 4.78 is 5.40. The highest BCUT2D eigenvalue weighted by molar-refractivity contribution is 6.30. The maximum atomic E-state index is 12.4. The van der Waals surface area contributed by atoms with Gasteiger partial charge in [0.05, 0.1) is 13.2 Å². The van der Waals surface area contributed by atoms with Crippen molar-refractivity contribution >= 4 is 23.2 Å². The Labute approximate surface area is 136 Å². The van der Waals surface area contributed by atoms with Crippen molar-refractivity contribution in [3.8, 4) is 0 Å². The minimum atomic E-state index is 0.159. The van der Waals surface area contributed by atoms with E-state index in [-0.39, 0.29) is 11.9 Å². The predicted molar refractivity (Wildman–Crippen MR) is 87.5 cm³/mol. The normalized spacial score (nSPS) is 22.7. The second-order valence-electron chi connectivity index (χ2n) is 5.78. The van der Waals surface area contributed by atoms with Crippen molar-refractivity contribution in [1.29, 1.82) is 0 Å². The van der Waals surface area contributed by atoms with Gasteiger partial charge in [-0.25, -0.2) is 0 Å². The van der Waals surface area contributed by atoms with Crippen LogP contribution in [-0.2, 0) is 9.53 Å². The lowest BCUT2D eigenvalue weighted by Gasteiger charge is -2.37. The van der Waals surface area contributed by atoms with E-state index in [9.17, 15) is 4.79 Å². The van der Waals surface area contributed by atoms with E-state index in [2.05, 4.69) is 16.3 Å². The number of anilines is 1. The van der Waals surface area contributed by atoms with Gasteiger partial charge in [-0.2, -0.15) is 0 Å². The summed E-state index contributed by atoms with van der Waals surface area (Å²) in [5, 5.41) is 4.08. The van der Waals surface area contributed by atoms with Crippen LogP contribution in [-0.4, -0.2) is 62.8 Å². The molecule has 0 aromatic heterocycles. The first-order chi connectivity index (χ1) is 10.7. The molecule has 2 heterocycles. The third-order valence-electron chi connectivity index (χ3n) is 4.23. The third kappa shape index (κ3) is 3.91. The summed E-state index contributed by atoms with van der Waals surface area (Å²) in [4.78, 5) is 16.6. The molecule has 0 bridgehead atoms. The number of carbonyl (C=O) groups excluding carboxylic acids is 1. The highest BCUT2D eigenvalue weighted by Gasteiger charge is 2.24. The van der Waals surface area contributed by atoms with E-state index in [0.29, 0.717) is 13.0 Å². The van der Waals surface area contributed by atoms with Gasteiger partial charge in [0.1, 0.15) is 0 Å². The molecule has 1 aromatic carbocycles. The lowest BCUT2D eigenvalue weighted by molar-refractivity contribution is -0.132. The quantitative estimate of drug-likeness (QED) is 0.912. The predicted octanol–water partition coefficient (Wildman–Crippen LogP) is 1.37. The SMILES string of the molecule is O=C(CC1COCCN1)N1CCN(c2cccc(Cl)c2)CC1. The van der Waals surface area contributed by atoms with Crippen LogP contribution in [0.25, 0.3) is 0 Å². The summed E-state index contributed by atoms with van der Waals surface area (Å²) in [6.45, 7) is 5.43. The zero-order valence-electron chi connectivity index (χ0n) is 12.6. The van der Waals surface area contributed by atoms with E-state index in [1.54, 1.807) is 0 Å². The van der Waals surface area contributed by atoms with Gasteiger partial charge in [0.15, 0.2) is 0 Å². The maximum Gasteiger partial charge on any atom is 0.224 e. The summed E-state index contributed by atoms with van der Waals surface area (Å²) in [5.74, 6) is 0.216. The van der Waals surface area contributed by atoms with Gasteiger partial charge < -0.3 is 19.9 Å². The van der Waals surface area contributed by atoms with Crippen LogP contribution >= 0.6 is 11.6 Å². The van der Waals surface area contributed by atoms with Crippen LogP contribution in [0.3, 0.4) is 0 Å². The molecule has 2 aliphatic rings. The fourth-order valence-electron chi connectivity index (χ4n) is 2.98. The van der Waals surface area contributed by atoms with Gasteiger partial charge in [0.2, 0.25) is 5.91 Å². The molecule has 0 aliphatic carbocycles. The summed E-state index contributed by atoms with van der Waals surface area (Å²) in [6.07, 6.45) is 0.525. The molecule has 1 unspecified atom stereocenters. The van der Waals surface area contributed by atoms with Crippen molar-refractivity contribution < 1.29 is 9.53 Å². The van der Waals surface area contributed by atoms with Crippen molar-refractivity contribution in [2.45, 2.75) is 12.5 Å². The third-order valence-corrected chi connectivity index (χ3v) is 4.46. The van der Waals surface area contributed by atoms with Gasteiger partial charge >= 0.3 is 0 Å². The van der Waals surface area contributed by atoms with Gasteiger partial charge in [-0.3, -0.25) is 4.79 Å². The van der Waals surface area contributed by atoms with Gasteiger partial charge in [-0.05, 0) is 18.2 Å². The minimum Gasteiger partial charge on any atom is -0.378 e. The number of morpholine rings is 1. The van der Waals surface area contributed by atoms with Crippen molar-refractivity contribution in [3.63, 3.8) is 0 Å². The van der Waals surface area contributed by atoms with E-state index in [1.807, 2.05) is 23.1 Å². The molecule has 1 amide bonds. The van der Waals surface area contributed by atoms with Crippen molar-refractivity contribution in [2.24, 2.45) is 0 Å². The molecule has 0 radical (unpaired) electrons. The van der Waals surface area contributed by atoms with E-state index in [4.69, 9.17) is 16.3 Å². The number of amides is 1. The van der Waals surface area contributed by atoms with Gasteiger partial charge in [0, 0.05) is 55.9 Å². The molecule has 1 aromatic rings. The summed E-state index contributed by atoms with van der Waals surface area (Å²) in [5.41, 5.74) is 1.13. The van der Waals surface area contributed by atoms with Crippen LogP contribution in [0.4, 0.5) is 5.69 Å². The first-order valence-electron chi connectivity index (χ1n) is 7.82. The molecule has 2 saturated heterocycles. The van der Waals surface area contributed by atoms with Crippen LogP contribution in [0.15, 0.2) is 24.3 Å². The van der Waals surface area contributed by atoms with Crippen LogP contribution in [0.5, 0.6) is 0 Å². The number of hydrogen-bond acceptors (Lipinski definition) is 4. The van der Waals surface area contributed by atoms with E-state index < -0.39 is 0 Å². The lowest BCUT2D eigenvalue weighted by atomic mass is 10.1. The molecular weight excluding hydrogens is 302 g/mol. The monoisotopic (exact) mass is 323 g/mol. The average Bonchev–Trinajstić information content (AvgIpc) is 2.56. The Morgan fingerprint density at radius 1 is 1.32 bits per heavy atom. The molecule has 5 nitrogen and oxygen atoms in total. The Balaban J connectivity index is 1.49. The second kappa shape index (κ2) is 7.31. The summed E-state index contributed by atoms with van der Waals surface area (Å²) in [6, 6.07) is 8.04. The Morgan fingerprint density at radius 3 is 2.82 bits per heavy atom. The minimum absolute atomic E-state index is 0.159. The number of benzene rings is 1. The molecule has 0 saturated carbocycles. The second-order valence-corrected chi connectivity index (χ2v) is 6.21. The lowest BCUT2D eigenvalue weighted by Crippen LogP contribution is -2.51. The topological polar surface area (TPSA) is 44.8 Å². The standard InChI is InChI=1S/C16H22ClN3O2/c17-13-2-1-3-15(10-13)19-5-7-20(8-6-19)16(21)11-14-12-22-9-4-18-14/h1-3,10,14,18H,4-9,11-12H2. The van der Waals surface area contributed by atoms with Crippen LogP contribution < -0.4 is 10.2 Å². The molecular formula is C16H22ClN3O2. The molecule has 2 fully saturated rings. The van der Waals surface area contributed by atoms with Gasteiger partial charge in [-0.1, -0.05) is 17.7 Å². The first-order valence-corrected chi connectivity index (χ1v) is 8.19. The number of halogens is 1. The highest BCUT2D eigenvalue weighted by Crippen LogP contribution is 2.21. The van der Waals surface area contributed by atoms with Crippen molar-refractivity contribution in [2.75, 3.05) is 50.8 Å². The van der Waals surface area contributed by atoms with Crippen molar-refractivity contribution in [3.05, 3.63) is 29.3 Å². The number of hydrogen-bond donors (Lipinski definition) is 1. The van der Waals surface area contributed by atoms with Gasteiger partial charge in [0.25, 0.3) is 0 Å². The van der Waals surface area contributed by atoms with Crippen LogP contribution in [0.2, 0.25) is 5.02 Å². The van der Waals surface area contributed by atoms with E-state index >= 15 is 0 Å². The zero-order valence-corrected chi connectivity index (χ0v) is 13.4. The Bertz CT molecular complexity index is 512. The zero-order chi connectivity index (χ0) is 15.4. The number of ether oxygens (including phenoxy) is 1. The fourth-order valence-corrected chi connectivity index (χ4v) is 3.16. The molecule has 3 rings (SSSR count). The molecule has 1 N–H and O–H groups in total. The van der Waals surface area contributed by atoms with Gasteiger partial charge in [-0.15, -0.1) is 0 Å². The average molecular weight is 324 g/mol. The fraction of sp³-hybridized carbons (Fsp3) is 0.562. The van der Waals surface area contributed by atoms with E-state index in [1.165, 1.54) is 0 Å². The Morgan fingerprint density at radius 2 is 2.14 bits per heavy atom. The first kappa shape index (κ1) is 15.6. The number of nitrogens with zero attached hydrogens (tertiary/aromatic N) is 2. The Kier molecular flexibility index (Phi) is 5.18. The molecule has 1 atom stereocenters. The number of piperazine rings is 1. The molecule has 2 aliphatic heterocycles. The van der Waals surface area contributed by atoms with Crippen LogP contribution in [0, 0.1) is 0 Å². The summed E-state index contributed by atoms with van der Waals surface area (Å²) >= 11 is 6.04. The maximum absolute atomic E-state index is 12.4. The smallest absolute Gasteiger partial charge is 0.224 e. The molecule has 0 spiro atoms. The number of rotatable bonds is 3. The van der Waals surface area contributed by atoms with Crippen LogP contribution in [0.1, 0.15) is 6.42 Å².